The van der Waals surface area contributed by atoms with Gasteiger partial charge in [0.15, 0.2) is 5.78 Å². The van der Waals surface area contributed by atoms with E-state index in [9.17, 15) is 4.79 Å². The normalized spacial score (nSPS) is 28.4. The maximum absolute atomic E-state index is 13.4. The predicted octanol–water partition coefficient (Wildman–Crippen LogP) is 7.14. The Bertz CT molecular complexity index is 1030. The topological polar surface area (TPSA) is 17.1 Å². The molecule has 4 aliphatic carbocycles. The van der Waals surface area contributed by atoms with E-state index in [0.717, 1.165) is 47.1 Å². The van der Waals surface area contributed by atoms with Crippen LogP contribution in [0.5, 0.6) is 0 Å². The van der Waals surface area contributed by atoms with Crippen LogP contribution in [-0.4, -0.2) is 5.78 Å². The van der Waals surface area contributed by atoms with E-state index < -0.39 is 0 Å². The summed E-state index contributed by atoms with van der Waals surface area (Å²) < 4.78 is 0. The van der Waals surface area contributed by atoms with E-state index in [4.69, 9.17) is 0 Å². The van der Waals surface area contributed by atoms with Crippen molar-refractivity contribution in [1.82, 2.24) is 0 Å². The fraction of sp³-hybridized carbons (Fsp3) is 0.393. The van der Waals surface area contributed by atoms with E-state index in [0.29, 0.717) is 11.8 Å². The Labute approximate surface area is 175 Å². The lowest BCUT2D eigenvalue weighted by atomic mass is 9.67. The van der Waals surface area contributed by atoms with Crippen molar-refractivity contribution in [1.29, 1.82) is 0 Å². The van der Waals surface area contributed by atoms with Crippen LogP contribution in [0.15, 0.2) is 93.7 Å². The van der Waals surface area contributed by atoms with Gasteiger partial charge in [-0.3, -0.25) is 4.79 Å². The molecule has 0 aliphatic heterocycles. The van der Waals surface area contributed by atoms with Gasteiger partial charge in [0.2, 0.25) is 0 Å². The second kappa shape index (κ2) is 6.83. The third kappa shape index (κ3) is 2.86. The van der Waals surface area contributed by atoms with Crippen molar-refractivity contribution in [3.8, 4) is 0 Å². The minimum Gasteiger partial charge on any atom is -0.289 e. The minimum atomic E-state index is -0.101. The number of allylic oxidation sites excluding steroid dienone is 14. The van der Waals surface area contributed by atoms with E-state index >= 15 is 0 Å². The second-order valence-electron chi connectivity index (χ2n) is 9.53. The fourth-order valence-electron chi connectivity index (χ4n) is 5.40. The average molecular weight is 385 g/mol. The molecule has 0 N–H and O–H groups in total. The van der Waals surface area contributed by atoms with Crippen molar-refractivity contribution in [2.24, 2.45) is 17.3 Å². The molecule has 1 nitrogen and oxygen atoms in total. The van der Waals surface area contributed by atoms with Crippen LogP contribution < -0.4 is 0 Å². The summed E-state index contributed by atoms with van der Waals surface area (Å²) in [5.74, 6) is 0.930. The first-order valence-electron chi connectivity index (χ1n) is 10.9. The van der Waals surface area contributed by atoms with Crippen LogP contribution in [0.2, 0.25) is 0 Å². The summed E-state index contributed by atoms with van der Waals surface area (Å²) in [6.07, 6.45) is 13.6. The number of carbonyl (C=O) groups excluding carboxylic acids is 1. The highest BCUT2D eigenvalue weighted by Crippen LogP contribution is 2.57. The molecule has 2 atom stereocenters. The van der Waals surface area contributed by atoms with Gasteiger partial charge in [0, 0.05) is 22.5 Å². The molecule has 150 valence electrons. The van der Waals surface area contributed by atoms with Crippen LogP contribution in [-0.2, 0) is 4.79 Å². The summed E-state index contributed by atoms with van der Waals surface area (Å²) >= 11 is 0. The fourth-order valence-corrected chi connectivity index (χ4v) is 5.40. The lowest BCUT2D eigenvalue weighted by molar-refractivity contribution is -0.111. The Balaban J connectivity index is 1.83. The molecule has 0 aromatic heterocycles. The van der Waals surface area contributed by atoms with Gasteiger partial charge >= 0.3 is 0 Å². The zero-order valence-electron chi connectivity index (χ0n) is 18.5. The molecule has 0 aromatic rings. The van der Waals surface area contributed by atoms with E-state index in [1.165, 1.54) is 22.3 Å². The Morgan fingerprint density at radius 1 is 1.24 bits per heavy atom. The molecule has 4 aliphatic rings. The van der Waals surface area contributed by atoms with Gasteiger partial charge in [0.25, 0.3) is 0 Å². The predicted molar refractivity (Wildman–Crippen MR) is 122 cm³/mol. The molecule has 1 heteroatoms. The molecule has 0 amide bonds. The van der Waals surface area contributed by atoms with Crippen LogP contribution >= 0.6 is 0 Å². The molecular weight excluding hydrogens is 352 g/mol. The summed E-state index contributed by atoms with van der Waals surface area (Å²) in [6.45, 7) is 19.8. The summed E-state index contributed by atoms with van der Waals surface area (Å²) in [7, 11) is 0. The first-order chi connectivity index (χ1) is 13.7. The summed E-state index contributed by atoms with van der Waals surface area (Å²) in [4.78, 5) is 13.4. The molecule has 0 bridgehead atoms. The van der Waals surface area contributed by atoms with Crippen LogP contribution in [0, 0.1) is 17.3 Å². The van der Waals surface area contributed by atoms with Crippen molar-refractivity contribution in [3.05, 3.63) is 93.7 Å². The van der Waals surface area contributed by atoms with E-state index in [2.05, 4.69) is 66.0 Å². The number of fused-ring (bicyclic) bond motifs is 1. The molecule has 0 radical (unpaired) electrons. The molecule has 0 saturated carbocycles. The van der Waals surface area contributed by atoms with Crippen LogP contribution in [0.4, 0.5) is 0 Å². The first-order valence-corrected chi connectivity index (χ1v) is 10.9. The number of Topliss-reactive ketones (excluding diaryl/α,β-unsaturated/α-hetero) is 1. The largest absolute Gasteiger partial charge is 0.289 e. The third-order valence-corrected chi connectivity index (χ3v) is 7.32. The van der Waals surface area contributed by atoms with Crippen molar-refractivity contribution < 1.29 is 4.79 Å². The minimum absolute atomic E-state index is 0.101. The van der Waals surface area contributed by atoms with Crippen molar-refractivity contribution in [2.75, 3.05) is 0 Å². The third-order valence-electron chi connectivity index (χ3n) is 7.32. The van der Waals surface area contributed by atoms with Gasteiger partial charge in [0.1, 0.15) is 0 Å². The highest BCUT2D eigenvalue weighted by molar-refractivity contribution is 6.16. The smallest absolute Gasteiger partial charge is 0.193 e. The van der Waals surface area contributed by atoms with Crippen molar-refractivity contribution in [2.45, 2.75) is 53.9 Å². The lowest BCUT2D eigenvalue weighted by Crippen LogP contribution is -2.26. The number of carbonyl (C=O) groups is 1. The molecule has 0 heterocycles. The lowest BCUT2D eigenvalue weighted by Gasteiger charge is -2.35. The summed E-state index contributed by atoms with van der Waals surface area (Å²) in [5, 5.41) is 0. The molecular formula is C28H32O. The maximum atomic E-state index is 13.4. The van der Waals surface area contributed by atoms with Crippen molar-refractivity contribution >= 4 is 5.78 Å². The zero-order valence-corrected chi connectivity index (χ0v) is 18.5. The van der Waals surface area contributed by atoms with Gasteiger partial charge < -0.3 is 0 Å². The molecule has 0 saturated heterocycles. The Morgan fingerprint density at radius 3 is 2.59 bits per heavy atom. The molecule has 2 unspecified atom stereocenters. The molecule has 0 spiro atoms. The maximum Gasteiger partial charge on any atom is 0.193 e. The van der Waals surface area contributed by atoms with E-state index in [1.54, 1.807) is 0 Å². The number of ketones is 1. The summed E-state index contributed by atoms with van der Waals surface area (Å²) in [5.41, 5.74) is 10.4. The van der Waals surface area contributed by atoms with Gasteiger partial charge in [-0.05, 0) is 60.0 Å². The zero-order chi connectivity index (χ0) is 21.1. The standard InChI is InChI=1S/C28H32O/c1-8-16(3)13-25-19(9-2)23-14-22-18(5)21-12-17(4)10-11-20(21)27(29)24(22)15-26(23)28(25,6)7/h9-11,13,15,17,23H,2,5,8,12,14H2,1,3-4,6-7H3/b16-13-. The Hall–Kier alpha value is -2.41. The Morgan fingerprint density at radius 2 is 1.93 bits per heavy atom. The average Bonchev–Trinajstić information content (AvgIpc) is 2.90. The molecule has 0 aromatic carbocycles. The van der Waals surface area contributed by atoms with Crippen molar-refractivity contribution in [3.63, 3.8) is 0 Å². The van der Waals surface area contributed by atoms with Gasteiger partial charge in [-0.15, -0.1) is 0 Å². The second-order valence-corrected chi connectivity index (χ2v) is 9.53. The van der Waals surface area contributed by atoms with Gasteiger partial charge in [-0.2, -0.15) is 0 Å². The van der Waals surface area contributed by atoms with Gasteiger partial charge in [-0.25, -0.2) is 0 Å². The molecule has 29 heavy (non-hydrogen) atoms. The highest BCUT2D eigenvalue weighted by atomic mass is 16.1. The van der Waals surface area contributed by atoms with Gasteiger partial charge in [-0.1, -0.05) is 82.4 Å². The summed E-state index contributed by atoms with van der Waals surface area (Å²) in [6, 6.07) is 0. The highest BCUT2D eigenvalue weighted by Gasteiger charge is 2.46. The monoisotopic (exact) mass is 384 g/mol. The van der Waals surface area contributed by atoms with Gasteiger partial charge in [0.05, 0.1) is 0 Å². The first kappa shape index (κ1) is 19.9. The quantitative estimate of drug-likeness (QED) is 0.505. The Kier molecular flexibility index (Phi) is 4.69. The number of hydrogen-bond donors (Lipinski definition) is 0. The van der Waals surface area contributed by atoms with E-state index in [1.807, 2.05) is 12.2 Å². The number of rotatable bonds is 3. The number of hydrogen-bond acceptors (Lipinski definition) is 1. The molecule has 4 rings (SSSR count). The molecule has 0 fully saturated rings. The SMILES string of the molecule is C=CC1=C(/C=C(/C)CC)C(C)(C)C2=CC3=C(CC21)C(=C)C1=C(C=CC(C)C1)C3=O. The van der Waals surface area contributed by atoms with Crippen LogP contribution in [0.25, 0.3) is 0 Å². The van der Waals surface area contributed by atoms with Crippen LogP contribution in [0.1, 0.15) is 53.9 Å². The van der Waals surface area contributed by atoms with Crippen LogP contribution in [0.3, 0.4) is 0 Å². The van der Waals surface area contributed by atoms with E-state index in [-0.39, 0.29) is 11.2 Å².